The fraction of sp³-hybridized carbons (Fsp3) is 0.471. The standard InChI is InChI=1S/C34H46O2/c1-23(2)12-14-25-20-29(35)16-18-31(25)33(5,6)27-10-9-11-28(22-27)34(7,8)32-19-17-30(36)21-26(32)15-13-24(3)4/h9-11,16-24,35-36H,12-15H2,1-8H3. The molecule has 0 heterocycles. The van der Waals surface area contributed by atoms with Gasteiger partial charge in [0, 0.05) is 10.8 Å². The Balaban J connectivity index is 2.04. The van der Waals surface area contributed by atoms with E-state index in [0.29, 0.717) is 23.3 Å². The molecule has 194 valence electrons. The predicted octanol–water partition coefficient (Wildman–Crippen LogP) is 8.93. The molecule has 2 nitrogen and oxygen atoms in total. The van der Waals surface area contributed by atoms with Crippen molar-refractivity contribution in [2.24, 2.45) is 11.8 Å². The third-order valence-corrected chi connectivity index (χ3v) is 7.81. The van der Waals surface area contributed by atoms with Crippen molar-refractivity contribution in [1.29, 1.82) is 0 Å². The molecule has 2 heteroatoms. The highest BCUT2D eigenvalue weighted by molar-refractivity contribution is 5.50. The molecule has 0 saturated heterocycles. The maximum absolute atomic E-state index is 10.2. The van der Waals surface area contributed by atoms with Crippen LogP contribution in [0.25, 0.3) is 0 Å². The number of aryl methyl sites for hydroxylation is 2. The van der Waals surface area contributed by atoms with Crippen molar-refractivity contribution in [3.05, 3.63) is 94.0 Å². The molecular formula is C34H46O2. The normalized spacial score (nSPS) is 12.5. The highest BCUT2D eigenvalue weighted by atomic mass is 16.3. The van der Waals surface area contributed by atoms with Crippen LogP contribution >= 0.6 is 0 Å². The summed E-state index contributed by atoms with van der Waals surface area (Å²) in [5.74, 6) is 1.90. The Morgan fingerprint density at radius 3 is 1.33 bits per heavy atom. The first-order chi connectivity index (χ1) is 16.8. The topological polar surface area (TPSA) is 40.5 Å². The molecule has 0 aliphatic rings. The van der Waals surface area contributed by atoms with Crippen LogP contribution < -0.4 is 0 Å². The molecule has 0 fully saturated rings. The second kappa shape index (κ2) is 11.1. The first kappa shape index (κ1) is 27.8. The molecular weight excluding hydrogens is 440 g/mol. The van der Waals surface area contributed by atoms with E-state index in [2.05, 4.69) is 91.8 Å². The van der Waals surface area contributed by atoms with E-state index in [0.717, 1.165) is 25.7 Å². The van der Waals surface area contributed by atoms with Crippen LogP contribution in [-0.2, 0) is 23.7 Å². The van der Waals surface area contributed by atoms with Gasteiger partial charge in [0.25, 0.3) is 0 Å². The lowest BCUT2D eigenvalue weighted by Gasteiger charge is -2.33. The summed E-state index contributed by atoms with van der Waals surface area (Å²) >= 11 is 0. The molecule has 0 saturated carbocycles. The van der Waals surface area contributed by atoms with E-state index in [1.165, 1.54) is 33.4 Å². The van der Waals surface area contributed by atoms with Gasteiger partial charge in [-0.05, 0) is 95.2 Å². The monoisotopic (exact) mass is 486 g/mol. The van der Waals surface area contributed by atoms with Crippen molar-refractivity contribution in [1.82, 2.24) is 0 Å². The quantitative estimate of drug-likeness (QED) is 0.300. The van der Waals surface area contributed by atoms with E-state index in [1.54, 1.807) is 0 Å². The summed E-state index contributed by atoms with van der Waals surface area (Å²) in [6, 6.07) is 20.7. The summed E-state index contributed by atoms with van der Waals surface area (Å²) in [6.07, 6.45) is 4.12. The third-order valence-electron chi connectivity index (χ3n) is 7.81. The van der Waals surface area contributed by atoms with Gasteiger partial charge < -0.3 is 10.2 Å². The lowest BCUT2D eigenvalue weighted by Crippen LogP contribution is -2.25. The summed E-state index contributed by atoms with van der Waals surface area (Å²) in [6.45, 7) is 18.2. The number of benzene rings is 3. The minimum absolute atomic E-state index is 0.207. The molecule has 3 aromatic carbocycles. The van der Waals surface area contributed by atoms with Gasteiger partial charge in [-0.15, -0.1) is 0 Å². The summed E-state index contributed by atoms with van der Waals surface area (Å²) in [7, 11) is 0. The fourth-order valence-electron chi connectivity index (χ4n) is 5.29. The fourth-order valence-corrected chi connectivity index (χ4v) is 5.29. The molecule has 3 aromatic rings. The molecule has 0 unspecified atom stereocenters. The third kappa shape index (κ3) is 6.33. The van der Waals surface area contributed by atoms with Crippen LogP contribution in [-0.4, -0.2) is 10.2 Å². The van der Waals surface area contributed by atoms with Crippen LogP contribution in [0.3, 0.4) is 0 Å². The predicted molar refractivity (Wildman–Crippen MR) is 153 cm³/mol. The Morgan fingerprint density at radius 1 is 0.583 bits per heavy atom. The molecule has 0 amide bonds. The molecule has 0 aliphatic carbocycles. The van der Waals surface area contributed by atoms with E-state index in [9.17, 15) is 10.2 Å². The zero-order chi connectivity index (χ0) is 26.7. The molecule has 3 rings (SSSR count). The zero-order valence-electron chi connectivity index (χ0n) is 23.7. The molecule has 0 atom stereocenters. The van der Waals surface area contributed by atoms with Crippen LogP contribution in [0.5, 0.6) is 11.5 Å². The van der Waals surface area contributed by atoms with E-state index in [1.807, 2.05) is 24.3 Å². The maximum Gasteiger partial charge on any atom is 0.115 e. The zero-order valence-corrected chi connectivity index (χ0v) is 23.7. The van der Waals surface area contributed by atoms with E-state index in [-0.39, 0.29) is 10.8 Å². The summed E-state index contributed by atoms with van der Waals surface area (Å²) in [4.78, 5) is 0. The molecule has 0 bridgehead atoms. The largest absolute Gasteiger partial charge is 0.508 e. The van der Waals surface area contributed by atoms with Crippen LogP contribution in [0.4, 0.5) is 0 Å². The average molecular weight is 487 g/mol. The highest BCUT2D eigenvalue weighted by Crippen LogP contribution is 2.40. The van der Waals surface area contributed by atoms with Crippen molar-refractivity contribution in [3.8, 4) is 11.5 Å². The van der Waals surface area contributed by atoms with E-state index >= 15 is 0 Å². The SMILES string of the molecule is CC(C)CCc1cc(O)ccc1C(C)(C)c1cccc(C(C)(C)c2ccc(O)cc2CCC(C)C)c1. The van der Waals surface area contributed by atoms with E-state index in [4.69, 9.17) is 0 Å². The van der Waals surface area contributed by atoms with Crippen LogP contribution in [0.2, 0.25) is 0 Å². The number of rotatable bonds is 10. The molecule has 0 aromatic heterocycles. The number of phenols is 2. The van der Waals surface area contributed by atoms with Crippen LogP contribution in [0.1, 0.15) is 102 Å². The second-order valence-electron chi connectivity index (χ2n) is 12.4. The van der Waals surface area contributed by atoms with Crippen molar-refractivity contribution in [2.75, 3.05) is 0 Å². The molecule has 0 radical (unpaired) electrons. The lowest BCUT2D eigenvalue weighted by atomic mass is 9.71. The minimum Gasteiger partial charge on any atom is -0.508 e. The molecule has 36 heavy (non-hydrogen) atoms. The summed E-state index contributed by atoms with van der Waals surface area (Å²) < 4.78 is 0. The number of hydrogen-bond donors (Lipinski definition) is 2. The first-order valence-electron chi connectivity index (χ1n) is 13.6. The van der Waals surface area contributed by atoms with Gasteiger partial charge in [0.05, 0.1) is 0 Å². The maximum atomic E-state index is 10.2. The molecule has 2 N–H and O–H groups in total. The van der Waals surface area contributed by atoms with E-state index < -0.39 is 0 Å². The molecule has 0 aliphatic heterocycles. The Labute approximate surface area is 219 Å². The number of phenolic OH excluding ortho intramolecular Hbond substituents is 2. The van der Waals surface area contributed by atoms with Crippen LogP contribution in [0.15, 0.2) is 60.7 Å². The number of hydrogen-bond acceptors (Lipinski definition) is 2. The van der Waals surface area contributed by atoms with Gasteiger partial charge in [-0.3, -0.25) is 0 Å². The van der Waals surface area contributed by atoms with Crippen molar-refractivity contribution in [3.63, 3.8) is 0 Å². The molecule has 0 spiro atoms. The Kier molecular flexibility index (Phi) is 8.59. The van der Waals surface area contributed by atoms with Gasteiger partial charge in [-0.1, -0.05) is 91.8 Å². The summed E-state index contributed by atoms with van der Waals surface area (Å²) in [5.41, 5.74) is 7.14. The first-order valence-corrected chi connectivity index (χ1v) is 13.6. The Hall–Kier alpha value is -2.74. The second-order valence-corrected chi connectivity index (χ2v) is 12.4. The number of aromatic hydroxyl groups is 2. The highest BCUT2D eigenvalue weighted by Gasteiger charge is 2.30. The average Bonchev–Trinajstić information content (AvgIpc) is 2.81. The van der Waals surface area contributed by atoms with Gasteiger partial charge in [0.2, 0.25) is 0 Å². The van der Waals surface area contributed by atoms with Gasteiger partial charge in [-0.2, -0.15) is 0 Å². The van der Waals surface area contributed by atoms with Gasteiger partial charge in [0.15, 0.2) is 0 Å². The lowest BCUT2D eigenvalue weighted by molar-refractivity contribution is 0.472. The van der Waals surface area contributed by atoms with Gasteiger partial charge in [0.1, 0.15) is 11.5 Å². The van der Waals surface area contributed by atoms with Gasteiger partial charge >= 0.3 is 0 Å². The van der Waals surface area contributed by atoms with Crippen molar-refractivity contribution < 1.29 is 10.2 Å². The van der Waals surface area contributed by atoms with Gasteiger partial charge in [-0.25, -0.2) is 0 Å². The summed E-state index contributed by atoms with van der Waals surface area (Å²) in [5, 5.41) is 20.4. The smallest absolute Gasteiger partial charge is 0.115 e. The van der Waals surface area contributed by atoms with Crippen molar-refractivity contribution >= 4 is 0 Å². The van der Waals surface area contributed by atoms with Crippen LogP contribution in [0, 0.1) is 11.8 Å². The van der Waals surface area contributed by atoms with Crippen molar-refractivity contribution in [2.45, 2.75) is 91.9 Å². The Bertz CT molecular complexity index is 1080. The Morgan fingerprint density at radius 2 is 0.972 bits per heavy atom. The minimum atomic E-state index is -0.207.